The molecule has 0 spiro atoms. The van der Waals surface area contributed by atoms with Crippen LogP contribution in [-0.2, 0) is 11.8 Å². The van der Waals surface area contributed by atoms with Gasteiger partial charge in [0.25, 0.3) is 0 Å². The fourth-order valence-electron chi connectivity index (χ4n) is 1.51. The molecule has 0 radical (unpaired) electrons. The van der Waals surface area contributed by atoms with Crippen LogP contribution in [0.15, 0.2) is 34.3 Å². The van der Waals surface area contributed by atoms with Crippen LogP contribution in [-0.4, -0.2) is 22.9 Å². The minimum absolute atomic E-state index is 0.0555. The fraction of sp³-hybridized carbons (Fsp3) is 0.167. The summed E-state index contributed by atoms with van der Waals surface area (Å²) in [7, 11) is 3.02. The highest BCUT2D eigenvalue weighted by Gasteiger charge is 2.15. The first kappa shape index (κ1) is 13.4. The van der Waals surface area contributed by atoms with Gasteiger partial charge >= 0.3 is 5.97 Å². The van der Waals surface area contributed by atoms with Gasteiger partial charge < -0.3 is 10.5 Å². The van der Waals surface area contributed by atoms with Crippen molar-refractivity contribution in [3.05, 3.63) is 35.9 Å². The van der Waals surface area contributed by atoms with E-state index in [2.05, 4.69) is 9.84 Å². The first-order valence-corrected chi connectivity index (χ1v) is 6.16. The van der Waals surface area contributed by atoms with Crippen molar-refractivity contribution in [3.63, 3.8) is 0 Å². The van der Waals surface area contributed by atoms with Crippen LogP contribution < -0.4 is 5.73 Å². The summed E-state index contributed by atoms with van der Waals surface area (Å²) < 4.78 is 20.0. The Balaban J connectivity index is 2.37. The second-order valence-corrected chi connectivity index (χ2v) is 4.93. The van der Waals surface area contributed by atoms with Crippen LogP contribution in [0.2, 0.25) is 0 Å². The summed E-state index contributed by atoms with van der Waals surface area (Å²) in [5.74, 6) is -1.08. The van der Waals surface area contributed by atoms with Gasteiger partial charge in [-0.25, -0.2) is 9.18 Å². The van der Waals surface area contributed by atoms with Crippen LogP contribution in [0.25, 0.3) is 0 Å². The van der Waals surface area contributed by atoms with Crippen molar-refractivity contribution in [2.24, 2.45) is 7.05 Å². The van der Waals surface area contributed by atoms with Crippen molar-refractivity contribution >= 4 is 23.4 Å². The molecule has 0 amide bonds. The van der Waals surface area contributed by atoms with Crippen molar-refractivity contribution < 1.29 is 13.9 Å². The van der Waals surface area contributed by atoms with Gasteiger partial charge in [0.15, 0.2) is 0 Å². The van der Waals surface area contributed by atoms with Gasteiger partial charge in [0, 0.05) is 23.8 Å². The largest absolute Gasteiger partial charge is 0.465 e. The molecule has 0 saturated carbocycles. The normalized spacial score (nSPS) is 10.5. The number of ether oxygens (including phenoxy) is 1. The minimum atomic E-state index is -0.592. The SMILES string of the molecule is COC(=O)c1cc(Sc2cnn(C)c2)c(F)cc1N. The first-order valence-electron chi connectivity index (χ1n) is 5.35. The van der Waals surface area contributed by atoms with Gasteiger partial charge in [-0.2, -0.15) is 5.10 Å². The molecule has 5 nitrogen and oxygen atoms in total. The monoisotopic (exact) mass is 281 g/mol. The topological polar surface area (TPSA) is 70.1 Å². The highest BCUT2D eigenvalue weighted by atomic mass is 32.2. The third-order valence-electron chi connectivity index (χ3n) is 2.42. The molecule has 1 heterocycles. The Morgan fingerprint density at radius 1 is 1.53 bits per heavy atom. The van der Waals surface area contributed by atoms with Gasteiger partial charge in [0.1, 0.15) is 5.82 Å². The van der Waals surface area contributed by atoms with Crippen molar-refractivity contribution in [2.75, 3.05) is 12.8 Å². The molecular formula is C12H12FN3O2S. The van der Waals surface area contributed by atoms with E-state index in [4.69, 9.17) is 5.73 Å². The summed E-state index contributed by atoms with van der Waals surface area (Å²) in [4.78, 5) is 12.6. The number of benzene rings is 1. The molecule has 100 valence electrons. The van der Waals surface area contributed by atoms with E-state index in [-0.39, 0.29) is 11.3 Å². The average molecular weight is 281 g/mol. The Morgan fingerprint density at radius 2 is 2.26 bits per heavy atom. The summed E-state index contributed by atoms with van der Waals surface area (Å²) >= 11 is 1.16. The number of hydrogen-bond acceptors (Lipinski definition) is 5. The number of methoxy groups -OCH3 is 1. The van der Waals surface area contributed by atoms with E-state index in [1.54, 1.807) is 24.1 Å². The van der Waals surface area contributed by atoms with E-state index in [1.807, 2.05) is 0 Å². The standard InChI is InChI=1S/C12H12FN3O2S/c1-16-6-7(5-15-16)19-11-3-8(12(17)18-2)10(14)4-9(11)13/h3-6H,14H2,1-2H3. The second kappa shape index (κ2) is 5.31. The predicted octanol–water partition coefficient (Wildman–Crippen LogP) is 2.08. The maximum Gasteiger partial charge on any atom is 0.339 e. The Kier molecular flexibility index (Phi) is 3.75. The second-order valence-electron chi connectivity index (χ2n) is 3.81. The molecule has 2 aromatic rings. The number of hydrogen-bond donors (Lipinski definition) is 1. The highest BCUT2D eigenvalue weighted by molar-refractivity contribution is 7.99. The minimum Gasteiger partial charge on any atom is -0.465 e. The molecule has 1 aromatic carbocycles. The van der Waals surface area contributed by atoms with E-state index in [9.17, 15) is 9.18 Å². The van der Waals surface area contributed by atoms with E-state index < -0.39 is 11.8 Å². The molecule has 0 bridgehead atoms. The van der Waals surface area contributed by atoms with Crippen LogP contribution >= 0.6 is 11.8 Å². The Morgan fingerprint density at radius 3 is 2.84 bits per heavy atom. The summed E-state index contributed by atoms with van der Waals surface area (Å²) in [6.07, 6.45) is 3.36. The van der Waals surface area contributed by atoms with Gasteiger partial charge in [-0.05, 0) is 12.1 Å². The smallest absolute Gasteiger partial charge is 0.339 e. The summed E-state index contributed by atoms with van der Waals surface area (Å²) in [6.45, 7) is 0. The Bertz CT molecular complexity index is 627. The zero-order valence-corrected chi connectivity index (χ0v) is 11.2. The van der Waals surface area contributed by atoms with Crippen LogP contribution in [0.4, 0.5) is 10.1 Å². The van der Waals surface area contributed by atoms with Gasteiger partial charge in [-0.3, -0.25) is 4.68 Å². The summed E-state index contributed by atoms with van der Waals surface area (Å²) in [6, 6.07) is 2.50. The molecule has 1 aromatic heterocycles. The molecule has 19 heavy (non-hydrogen) atoms. The van der Waals surface area contributed by atoms with Gasteiger partial charge in [-0.1, -0.05) is 11.8 Å². The molecule has 2 rings (SSSR count). The molecule has 0 unspecified atom stereocenters. The van der Waals surface area contributed by atoms with Gasteiger partial charge in [-0.15, -0.1) is 0 Å². The number of rotatable bonds is 3. The quantitative estimate of drug-likeness (QED) is 0.689. The van der Waals surface area contributed by atoms with Crippen molar-refractivity contribution in [1.82, 2.24) is 9.78 Å². The molecule has 0 aliphatic carbocycles. The van der Waals surface area contributed by atoms with Crippen LogP contribution in [0.5, 0.6) is 0 Å². The number of esters is 1. The zero-order valence-electron chi connectivity index (χ0n) is 10.4. The summed E-state index contributed by atoms with van der Waals surface area (Å²) in [5.41, 5.74) is 5.80. The van der Waals surface area contributed by atoms with E-state index in [0.717, 1.165) is 22.7 Å². The van der Waals surface area contributed by atoms with E-state index >= 15 is 0 Å². The number of carbonyl (C=O) groups is 1. The number of nitrogens with two attached hydrogens (primary N) is 1. The van der Waals surface area contributed by atoms with Crippen LogP contribution in [0, 0.1) is 5.82 Å². The predicted molar refractivity (Wildman–Crippen MR) is 69.5 cm³/mol. The summed E-state index contributed by atoms with van der Waals surface area (Å²) in [5, 5.41) is 3.99. The van der Waals surface area contributed by atoms with E-state index in [1.165, 1.54) is 13.2 Å². The number of aromatic nitrogens is 2. The lowest BCUT2D eigenvalue weighted by atomic mass is 10.2. The van der Waals surface area contributed by atoms with Gasteiger partial charge in [0.05, 0.1) is 23.8 Å². The number of halogens is 1. The molecular weight excluding hydrogens is 269 g/mol. The third-order valence-corrected chi connectivity index (χ3v) is 3.40. The third kappa shape index (κ3) is 2.87. The highest BCUT2D eigenvalue weighted by Crippen LogP contribution is 2.32. The maximum absolute atomic E-state index is 13.8. The molecule has 0 saturated heterocycles. The number of aryl methyl sites for hydroxylation is 1. The Hall–Kier alpha value is -2.02. The molecule has 2 N–H and O–H groups in total. The molecule has 0 aliphatic heterocycles. The average Bonchev–Trinajstić information content (AvgIpc) is 2.77. The molecule has 0 atom stereocenters. The van der Waals surface area contributed by atoms with Crippen molar-refractivity contribution in [2.45, 2.75) is 9.79 Å². The number of anilines is 1. The van der Waals surface area contributed by atoms with Crippen LogP contribution in [0.1, 0.15) is 10.4 Å². The van der Waals surface area contributed by atoms with Crippen LogP contribution in [0.3, 0.4) is 0 Å². The fourth-order valence-corrected chi connectivity index (χ4v) is 2.40. The maximum atomic E-state index is 13.8. The van der Waals surface area contributed by atoms with Gasteiger partial charge in [0.2, 0.25) is 0 Å². The lowest BCUT2D eigenvalue weighted by Crippen LogP contribution is -2.06. The molecule has 7 heteroatoms. The lowest BCUT2D eigenvalue weighted by Gasteiger charge is -2.07. The molecule has 0 aliphatic rings. The van der Waals surface area contributed by atoms with Crippen molar-refractivity contribution in [3.8, 4) is 0 Å². The molecule has 0 fully saturated rings. The first-order chi connectivity index (χ1) is 9.01. The Labute approximate surface area is 113 Å². The van der Waals surface area contributed by atoms with Crippen molar-refractivity contribution in [1.29, 1.82) is 0 Å². The zero-order chi connectivity index (χ0) is 14.0. The number of carbonyl (C=O) groups excluding carboxylic acids is 1. The van der Waals surface area contributed by atoms with E-state index in [0.29, 0.717) is 4.90 Å². The number of nitrogen functional groups attached to an aromatic ring is 1. The lowest BCUT2D eigenvalue weighted by molar-refractivity contribution is 0.0601. The number of nitrogens with zero attached hydrogens (tertiary/aromatic N) is 2.